The summed E-state index contributed by atoms with van der Waals surface area (Å²) in [5.74, 6) is 0.662. The molecule has 0 aliphatic heterocycles. The lowest BCUT2D eigenvalue weighted by atomic mass is 10.2. The molecule has 0 atom stereocenters. The second-order valence-electron chi connectivity index (χ2n) is 2.84. The fraction of sp³-hybridized carbons (Fsp3) is 0.100. The highest BCUT2D eigenvalue weighted by Crippen LogP contribution is 2.22. The maximum atomic E-state index is 5.97. The molecule has 2 aromatic heterocycles. The molecule has 0 spiro atoms. The lowest BCUT2D eigenvalue weighted by Gasteiger charge is -2.01. The quantitative estimate of drug-likeness (QED) is 0.672. The molecule has 0 aliphatic rings. The Morgan fingerprint density at radius 3 is 2.71 bits per heavy atom. The molecule has 0 radical (unpaired) electrons. The molecule has 0 fully saturated rings. The summed E-state index contributed by atoms with van der Waals surface area (Å²) in [4.78, 5) is 12.3. The van der Waals surface area contributed by atoms with E-state index in [1.165, 1.54) is 0 Å². The molecule has 0 aliphatic carbocycles. The molecule has 2 aromatic rings. The van der Waals surface area contributed by atoms with Crippen LogP contribution in [0, 0.1) is 6.92 Å². The van der Waals surface area contributed by atoms with Gasteiger partial charge in [-0.25, -0.2) is 9.97 Å². The molecule has 14 heavy (non-hydrogen) atoms. The molecule has 0 saturated carbocycles. The predicted octanol–water partition coefficient (Wildman–Crippen LogP) is 2.50. The number of hydrogen-bond donors (Lipinski definition) is 0. The lowest BCUT2D eigenvalue weighted by Crippen LogP contribution is -1.91. The Morgan fingerprint density at radius 2 is 2.07 bits per heavy atom. The molecule has 0 amide bonds. The third-order valence-corrected chi connectivity index (χ3v) is 2.09. The molecule has 0 saturated heterocycles. The van der Waals surface area contributed by atoms with Crippen molar-refractivity contribution in [2.75, 3.05) is 0 Å². The highest BCUT2D eigenvalue weighted by molar-refractivity contribution is 6.31. The Hall–Kier alpha value is -1.48. The van der Waals surface area contributed by atoms with Gasteiger partial charge in [-0.3, -0.25) is 4.98 Å². The summed E-state index contributed by atoms with van der Waals surface area (Å²) in [6.07, 6.45) is 3.40. The van der Waals surface area contributed by atoms with Crippen LogP contribution in [0.2, 0.25) is 5.15 Å². The first-order valence-electron chi connectivity index (χ1n) is 4.18. The maximum absolute atomic E-state index is 5.97. The van der Waals surface area contributed by atoms with E-state index in [4.69, 9.17) is 11.6 Å². The highest BCUT2D eigenvalue weighted by atomic mass is 35.5. The second kappa shape index (κ2) is 3.72. The van der Waals surface area contributed by atoms with Crippen molar-refractivity contribution in [2.24, 2.45) is 0 Å². The van der Waals surface area contributed by atoms with Crippen molar-refractivity contribution in [1.29, 1.82) is 0 Å². The van der Waals surface area contributed by atoms with Gasteiger partial charge in [0.05, 0.1) is 11.3 Å². The Balaban J connectivity index is 2.53. The molecule has 4 heteroatoms. The minimum Gasteiger partial charge on any atom is -0.256 e. The van der Waals surface area contributed by atoms with Crippen LogP contribution >= 0.6 is 11.6 Å². The van der Waals surface area contributed by atoms with Crippen molar-refractivity contribution in [3.05, 3.63) is 41.6 Å². The molecule has 70 valence electrons. The van der Waals surface area contributed by atoms with Crippen LogP contribution in [0.1, 0.15) is 5.82 Å². The van der Waals surface area contributed by atoms with E-state index in [0.717, 1.165) is 11.3 Å². The van der Waals surface area contributed by atoms with Gasteiger partial charge in [-0.2, -0.15) is 0 Å². The third-order valence-electron chi connectivity index (χ3n) is 1.80. The normalized spacial score (nSPS) is 10.1. The average molecular weight is 206 g/mol. The molecule has 2 heterocycles. The van der Waals surface area contributed by atoms with Crippen LogP contribution in [0.3, 0.4) is 0 Å². The van der Waals surface area contributed by atoms with Crippen molar-refractivity contribution >= 4 is 11.6 Å². The van der Waals surface area contributed by atoms with Crippen LogP contribution in [0.4, 0.5) is 0 Å². The molecular formula is C10H8ClN3. The molecule has 0 aromatic carbocycles. The number of aryl methyl sites for hydroxylation is 1. The molecule has 0 bridgehead atoms. The van der Waals surface area contributed by atoms with Crippen molar-refractivity contribution in [2.45, 2.75) is 6.92 Å². The van der Waals surface area contributed by atoms with E-state index in [0.29, 0.717) is 11.0 Å². The standard InChI is InChI=1S/C10H8ClN3/c1-7-13-6-8(10(11)14-7)9-4-2-3-5-12-9/h2-6H,1H3. The highest BCUT2D eigenvalue weighted by Gasteiger charge is 2.05. The van der Waals surface area contributed by atoms with Gasteiger partial charge in [0, 0.05) is 12.4 Å². The summed E-state index contributed by atoms with van der Waals surface area (Å²) in [5.41, 5.74) is 1.55. The van der Waals surface area contributed by atoms with Crippen LogP contribution in [0.25, 0.3) is 11.3 Å². The van der Waals surface area contributed by atoms with Crippen molar-refractivity contribution < 1.29 is 0 Å². The summed E-state index contributed by atoms with van der Waals surface area (Å²) in [5, 5.41) is 0.441. The minimum atomic E-state index is 0.441. The number of pyridine rings is 1. The zero-order valence-electron chi connectivity index (χ0n) is 7.61. The number of rotatable bonds is 1. The largest absolute Gasteiger partial charge is 0.256 e. The SMILES string of the molecule is Cc1ncc(-c2ccccn2)c(Cl)n1. The summed E-state index contributed by atoms with van der Waals surface area (Å²) < 4.78 is 0. The van der Waals surface area contributed by atoms with E-state index >= 15 is 0 Å². The van der Waals surface area contributed by atoms with Crippen molar-refractivity contribution in [3.8, 4) is 11.3 Å². The van der Waals surface area contributed by atoms with Crippen LogP contribution in [0.15, 0.2) is 30.6 Å². The third kappa shape index (κ3) is 1.72. The number of aromatic nitrogens is 3. The molecule has 2 rings (SSSR count). The number of nitrogens with zero attached hydrogens (tertiary/aromatic N) is 3. The van der Waals surface area contributed by atoms with E-state index < -0.39 is 0 Å². The van der Waals surface area contributed by atoms with Gasteiger partial charge in [-0.05, 0) is 19.1 Å². The van der Waals surface area contributed by atoms with Crippen LogP contribution < -0.4 is 0 Å². The zero-order valence-corrected chi connectivity index (χ0v) is 8.36. The smallest absolute Gasteiger partial charge is 0.142 e. The van der Waals surface area contributed by atoms with Crippen molar-refractivity contribution in [3.63, 3.8) is 0 Å². The summed E-state index contributed by atoms with van der Waals surface area (Å²) in [6.45, 7) is 1.80. The van der Waals surface area contributed by atoms with Crippen LogP contribution in [-0.4, -0.2) is 15.0 Å². The Bertz CT molecular complexity index is 442. The maximum Gasteiger partial charge on any atom is 0.142 e. The fourth-order valence-electron chi connectivity index (χ4n) is 1.14. The lowest BCUT2D eigenvalue weighted by molar-refractivity contribution is 1.05. The summed E-state index contributed by atoms with van der Waals surface area (Å²) in [7, 11) is 0. The number of hydrogen-bond acceptors (Lipinski definition) is 3. The van der Waals surface area contributed by atoms with E-state index in [1.54, 1.807) is 19.3 Å². The van der Waals surface area contributed by atoms with E-state index in [-0.39, 0.29) is 0 Å². The van der Waals surface area contributed by atoms with E-state index in [1.807, 2.05) is 18.2 Å². The first-order chi connectivity index (χ1) is 6.77. The van der Waals surface area contributed by atoms with Gasteiger partial charge < -0.3 is 0 Å². The summed E-state index contributed by atoms with van der Waals surface area (Å²) >= 11 is 5.97. The Labute approximate surface area is 86.8 Å². The molecule has 3 nitrogen and oxygen atoms in total. The van der Waals surface area contributed by atoms with Gasteiger partial charge in [0.25, 0.3) is 0 Å². The number of halogens is 1. The van der Waals surface area contributed by atoms with Gasteiger partial charge in [0.1, 0.15) is 11.0 Å². The molecule has 0 N–H and O–H groups in total. The second-order valence-corrected chi connectivity index (χ2v) is 3.19. The van der Waals surface area contributed by atoms with E-state index in [2.05, 4.69) is 15.0 Å². The van der Waals surface area contributed by atoms with Gasteiger partial charge >= 0.3 is 0 Å². The van der Waals surface area contributed by atoms with Gasteiger partial charge in [-0.1, -0.05) is 17.7 Å². The monoisotopic (exact) mass is 205 g/mol. The Morgan fingerprint density at radius 1 is 1.21 bits per heavy atom. The molecule has 0 unspecified atom stereocenters. The van der Waals surface area contributed by atoms with E-state index in [9.17, 15) is 0 Å². The predicted molar refractivity (Wildman–Crippen MR) is 55.0 cm³/mol. The topological polar surface area (TPSA) is 38.7 Å². The van der Waals surface area contributed by atoms with Crippen LogP contribution in [0.5, 0.6) is 0 Å². The van der Waals surface area contributed by atoms with Gasteiger partial charge in [0.15, 0.2) is 0 Å². The first kappa shape index (κ1) is 9.09. The minimum absolute atomic E-state index is 0.441. The Kier molecular flexibility index (Phi) is 2.41. The zero-order chi connectivity index (χ0) is 9.97. The van der Waals surface area contributed by atoms with Gasteiger partial charge in [0.2, 0.25) is 0 Å². The first-order valence-corrected chi connectivity index (χ1v) is 4.56. The van der Waals surface area contributed by atoms with Gasteiger partial charge in [-0.15, -0.1) is 0 Å². The molecular weight excluding hydrogens is 198 g/mol. The van der Waals surface area contributed by atoms with Crippen LogP contribution in [-0.2, 0) is 0 Å². The average Bonchev–Trinajstić information content (AvgIpc) is 2.19. The van der Waals surface area contributed by atoms with Crippen molar-refractivity contribution in [1.82, 2.24) is 15.0 Å². The summed E-state index contributed by atoms with van der Waals surface area (Å²) in [6, 6.07) is 5.63. The fourth-order valence-corrected chi connectivity index (χ4v) is 1.40.